The van der Waals surface area contributed by atoms with E-state index >= 15 is 0 Å². The molecule has 1 aromatic rings. The molecule has 5 heteroatoms. The first-order valence-electron chi connectivity index (χ1n) is 6.62. The van der Waals surface area contributed by atoms with Gasteiger partial charge in [0.2, 0.25) is 0 Å². The van der Waals surface area contributed by atoms with E-state index in [1.807, 2.05) is 0 Å². The third kappa shape index (κ3) is 3.21. The van der Waals surface area contributed by atoms with E-state index in [0.29, 0.717) is 18.9 Å². The molecule has 108 valence electrons. The van der Waals surface area contributed by atoms with Crippen LogP contribution in [-0.2, 0) is 4.79 Å². The second-order valence-electron chi connectivity index (χ2n) is 5.50. The molecule has 0 unspecified atom stereocenters. The van der Waals surface area contributed by atoms with Gasteiger partial charge in [0.15, 0.2) is 5.78 Å². The highest BCUT2D eigenvalue weighted by Crippen LogP contribution is 2.44. The van der Waals surface area contributed by atoms with Crippen molar-refractivity contribution in [1.82, 2.24) is 0 Å². The molecular formula is C15H16F2O3. The van der Waals surface area contributed by atoms with Crippen LogP contribution >= 0.6 is 0 Å². The van der Waals surface area contributed by atoms with Gasteiger partial charge in [-0.05, 0) is 30.4 Å². The minimum absolute atomic E-state index is 0.00184. The Morgan fingerprint density at radius 2 is 1.80 bits per heavy atom. The van der Waals surface area contributed by atoms with Gasteiger partial charge in [-0.1, -0.05) is 12.8 Å². The molecule has 1 aromatic carbocycles. The molecular weight excluding hydrogens is 266 g/mol. The van der Waals surface area contributed by atoms with Crippen LogP contribution in [0, 0.1) is 17.0 Å². The lowest BCUT2D eigenvalue weighted by atomic mass is 9.77. The molecule has 0 saturated heterocycles. The zero-order valence-electron chi connectivity index (χ0n) is 11.0. The average Bonchev–Trinajstić information content (AvgIpc) is 2.75. The molecule has 0 heterocycles. The van der Waals surface area contributed by atoms with Crippen molar-refractivity contribution in [3.63, 3.8) is 0 Å². The van der Waals surface area contributed by atoms with Gasteiger partial charge in [-0.25, -0.2) is 8.78 Å². The molecule has 0 aliphatic heterocycles. The van der Waals surface area contributed by atoms with Crippen LogP contribution in [0.4, 0.5) is 8.78 Å². The quantitative estimate of drug-likeness (QED) is 0.840. The lowest BCUT2D eigenvalue weighted by Gasteiger charge is -2.26. The van der Waals surface area contributed by atoms with E-state index in [2.05, 4.69) is 0 Å². The fourth-order valence-electron chi connectivity index (χ4n) is 3.01. The Kier molecular flexibility index (Phi) is 4.16. The number of hydrogen-bond donors (Lipinski definition) is 1. The first-order valence-corrected chi connectivity index (χ1v) is 6.62. The van der Waals surface area contributed by atoms with Gasteiger partial charge in [0.1, 0.15) is 11.6 Å². The molecule has 20 heavy (non-hydrogen) atoms. The Bertz CT molecular complexity index is 534. The van der Waals surface area contributed by atoms with Crippen LogP contribution in [0.5, 0.6) is 0 Å². The fraction of sp³-hybridized carbons (Fsp3) is 0.467. The van der Waals surface area contributed by atoms with E-state index < -0.39 is 28.8 Å². The maximum atomic E-state index is 13.6. The second-order valence-corrected chi connectivity index (χ2v) is 5.50. The monoisotopic (exact) mass is 282 g/mol. The predicted octanol–water partition coefficient (Wildman–Crippen LogP) is 3.57. The number of carbonyl (C=O) groups is 2. The van der Waals surface area contributed by atoms with Crippen LogP contribution in [0.2, 0.25) is 0 Å². The number of hydrogen-bond acceptors (Lipinski definition) is 2. The molecule has 1 fully saturated rings. The number of aliphatic carboxylic acids is 1. The van der Waals surface area contributed by atoms with E-state index in [-0.39, 0.29) is 18.4 Å². The van der Waals surface area contributed by atoms with E-state index in [1.165, 1.54) is 0 Å². The molecule has 1 saturated carbocycles. The molecule has 0 radical (unpaired) electrons. The van der Waals surface area contributed by atoms with Crippen molar-refractivity contribution in [2.75, 3.05) is 0 Å². The predicted molar refractivity (Wildman–Crippen MR) is 68.5 cm³/mol. The zero-order valence-corrected chi connectivity index (χ0v) is 11.0. The summed E-state index contributed by atoms with van der Waals surface area (Å²) >= 11 is 0. The number of rotatable bonds is 5. The summed E-state index contributed by atoms with van der Waals surface area (Å²) in [6, 6.07) is 2.83. The molecule has 3 nitrogen and oxygen atoms in total. The van der Waals surface area contributed by atoms with Gasteiger partial charge < -0.3 is 5.11 Å². The number of benzene rings is 1. The Morgan fingerprint density at radius 3 is 2.35 bits per heavy atom. The van der Waals surface area contributed by atoms with Gasteiger partial charge in [-0.3, -0.25) is 9.59 Å². The first-order chi connectivity index (χ1) is 9.42. The summed E-state index contributed by atoms with van der Waals surface area (Å²) in [7, 11) is 0. The van der Waals surface area contributed by atoms with E-state index in [1.54, 1.807) is 0 Å². The number of carboxylic acid groups (broad SMARTS) is 1. The van der Waals surface area contributed by atoms with Gasteiger partial charge in [0, 0.05) is 12.5 Å². The van der Waals surface area contributed by atoms with Crippen LogP contribution < -0.4 is 0 Å². The highest BCUT2D eigenvalue weighted by atomic mass is 19.1. The maximum Gasteiger partial charge on any atom is 0.303 e. The largest absolute Gasteiger partial charge is 0.481 e. The Hall–Kier alpha value is -1.78. The van der Waals surface area contributed by atoms with Crippen LogP contribution in [-0.4, -0.2) is 16.9 Å². The summed E-state index contributed by atoms with van der Waals surface area (Å²) < 4.78 is 26.4. The molecule has 0 bridgehead atoms. The number of ketones is 1. The highest BCUT2D eigenvalue weighted by molar-refractivity contribution is 5.97. The van der Waals surface area contributed by atoms with Gasteiger partial charge in [0.25, 0.3) is 0 Å². The maximum absolute atomic E-state index is 13.6. The molecule has 1 aliphatic carbocycles. The summed E-state index contributed by atoms with van der Waals surface area (Å²) in [5.41, 5.74) is -0.743. The average molecular weight is 282 g/mol. The SMILES string of the molecule is O=C(O)CC1(CC(=O)c2ccc(F)cc2F)CCCC1. The van der Waals surface area contributed by atoms with Crippen molar-refractivity contribution >= 4 is 11.8 Å². The summed E-state index contributed by atoms with van der Waals surface area (Å²) in [5.74, 6) is -3.02. The number of carboxylic acids is 1. The van der Waals surface area contributed by atoms with Crippen molar-refractivity contribution in [2.24, 2.45) is 5.41 Å². The Balaban J connectivity index is 2.18. The molecule has 2 rings (SSSR count). The normalized spacial score (nSPS) is 17.1. The van der Waals surface area contributed by atoms with Crippen LogP contribution in [0.15, 0.2) is 18.2 Å². The molecule has 0 amide bonds. The van der Waals surface area contributed by atoms with Gasteiger partial charge >= 0.3 is 5.97 Å². The van der Waals surface area contributed by atoms with Crippen molar-refractivity contribution in [1.29, 1.82) is 0 Å². The number of Topliss-reactive ketones (excluding diaryl/α,β-unsaturated/α-hetero) is 1. The molecule has 0 spiro atoms. The summed E-state index contributed by atoms with van der Waals surface area (Å²) in [5, 5.41) is 8.98. The lowest BCUT2D eigenvalue weighted by Crippen LogP contribution is -2.25. The van der Waals surface area contributed by atoms with Gasteiger partial charge in [-0.15, -0.1) is 0 Å². The van der Waals surface area contributed by atoms with E-state index in [9.17, 15) is 18.4 Å². The molecule has 0 atom stereocenters. The lowest BCUT2D eigenvalue weighted by molar-refractivity contribution is -0.139. The van der Waals surface area contributed by atoms with E-state index in [4.69, 9.17) is 5.11 Å². The number of halogens is 2. The summed E-state index contributed by atoms with van der Waals surface area (Å²) in [6.45, 7) is 0. The number of carbonyl (C=O) groups excluding carboxylic acids is 1. The summed E-state index contributed by atoms with van der Waals surface area (Å²) in [4.78, 5) is 23.1. The van der Waals surface area contributed by atoms with Crippen LogP contribution in [0.1, 0.15) is 48.9 Å². The van der Waals surface area contributed by atoms with Crippen LogP contribution in [0.3, 0.4) is 0 Å². The van der Waals surface area contributed by atoms with Gasteiger partial charge in [-0.2, -0.15) is 0 Å². The van der Waals surface area contributed by atoms with Crippen molar-refractivity contribution < 1.29 is 23.5 Å². The topological polar surface area (TPSA) is 54.4 Å². The molecule has 1 N–H and O–H groups in total. The Labute approximate surface area is 115 Å². The molecule has 1 aliphatic rings. The van der Waals surface area contributed by atoms with Crippen molar-refractivity contribution in [2.45, 2.75) is 38.5 Å². The minimum Gasteiger partial charge on any atom is -0.481 e. The zero-order chi connectivity index (χ0) is 14.8. The Morgan fingerprint density at radius 1 is 1.15 bits per heavy atom. The van der Waals surface area contributed by atoms with E-state index in [0.717, 1.165) is 25.0 Å². The summed E-state index contributed by atoms with van der Waals surface area (Å²) in [6.07, 6.45) is 3.00. The van der Waals surface area contributed by atoms with Crippen LogP contribution in [0.25, 0.3) is 0 Å². The van der Waals surface area contributed by atoms with Gasteiger partial charge in [0.05, 0.1) is 12.0 Å². The first kappa shape index (κ1) is 14.6. The second kappa shape index (κ2) is 5.69. The third-order valence-corrected chi connectivity index (χ3v) is 3.96. The third-order valence-electron chi connectivity index (χ3n) is 3.96. The highest BCUT2D eigenvalue weighted by Gasteiger charge is 2.38. The minimum atomic E-state index is -0.945. The van der Waals surface area contributed by atoms with Crippen molar-refractivity contribution in [3.8, 4) is 0 Å². The molecule has 0 aromatic heterocycles. The standard InChI is InChI=1S/C15H16F2O3/c16-10-3-4-11(12(17)7-10)13(18)8-15(9-14(19)20)5-1-2-6-15/h3-4,7H,1-2,5-6,8-9H2,(H,19,20). The smallest absolute Gasteiger partial charge is 0.303 e. The fourth-order valence-corrected chi connectivity index (χ4v) is 3.01. The van der Waals surface area contributed by atoms with Crippen molar-refractivity contribution in [3.05, 3.63) is 35.4 Å².